The zero-order valence-electron chi connectivity index (χ0n) is 12.9. The fraction of sp³-hybridized carbons (Fsp3) is 0.316. The Labute approximate surface area is 131 Å². The van der Waals surface area contributed by atoms with E-state index in [1.807, 2.05) is 37.3 Å². The van der Waals surface area contributed by atoms with Crippen molar-refractivity contribution in [1.82, 2.24) is 5.32 Å². The van der Waals surface area contributed by atoms with Crippen LogP contribution in [0.15, 0.2) is 48.5 Å². The third-order valence-corrected chi connectivity index (χ3v) is 4.25. The highest BCUT2D eigenvalue weighted by atomic mass is 16.2. The summed E-state index contributed by atoms with van der Waals surface area (Å²) in [6.45, 7) is 2.02. The molecule has 3 rings (SSSR count). The predicted octanol–water partition coefficient (Wildman–Crippen LogP) is 4.45. The van der Waals surface area contributed by atoms with Gasteiger partial charge in [0.2, 0.25) is 0 Å². The molecular formula is C19H22N2O. The molecule has 1 aliphatic rings. The van der Waals surface area contributed by atoms with E-state index in [9.17, 15) is 4.79 Å². The van der Waals surface area contributed by atoms with Crippen molar-refractivity contribution >= 4 is 11.7 Å². The van der Waals surface area contributed by atoms with Crippen molar-refractivity contribution in [3.05, 3.63) is 65.2 Å². The number of anilines is 1. The number of urea groups is 1. The number of carbonyl (C=O) groups excluding carboxylic acids is 1. The van der Waals surface area contributed by atoms with Gasteiger partial charge >= 0.3 is 6.03 Å². The van der Waals surface area contributed by atoms with Crippen LogP contribution in [0.2, 0.25) is 0 Å². The smallest absolute Gasteiger partial charge is 0.319 e. The summed E-state index contributed by atoms with van der Waals surface area (Å²) in [5.74, 6) is 0. The lowest BCUT2D eigenvalue weighted by molar-refractivity contribution is 0.249. The molecule has 22 heavy (non-hydrogen) atoms. The average Bonchev–Trinajstić information content (AvgIpc) is 2.55. The van der Waals surface area contributed by atoms with Crippen LogP contribution in [0.1, 0.15) is 42.5 Å². The fourth-order valence-corrected chi connectivity index (χ4v) is 2.99. The molecule has 1 unspecified atom stereocenters. The lowest BCUT2D eigenvalue weighted by Crippen LogP contribution is -2.31. The van der Waals surface area contributed by atoms with E-state index in [0.29, 0.717) is 0 Å². The van der Waals surface area contributed by atoms with Crippen LogP contribution in [0.25, 0.3) is 0 Å². The summed E-state index contributed by atoms with van der Waals surface area (Å²) < 4.78 is 0. The summed E-state index contributed by atoms with van der Waals surface area (Å²) in [6.07, 6.45) is 4.91. The topological polar surface area (TPSA) is 41.1 Å². The Morgan fingerprint density at radius 3 is 2.50 bits per heavy atom. The van der Waals surface area contributed by atoms with Crippen LogP contribution >= 0.6 is 0 Å². The summed E-state index contributed by atoms with van der Waals surface area (Å²) >= 11 is 0. The Hall–Kier alpha value is -2.29. The Kier molecular flexibility index (Phi) is 4.42. The van der Waals surface area contributed by atoms with Crippen molar-refractivity contribution in [2.75, 3.05) is 5.32 Å². The lowest BCUT2D eigenvalue weighted by Gasteiger charge is -2.20. The van der Waals surface area contributed by atoms with Crippen LogP contribution in [0.4, 0.5) is 10.5 Å². The highest BCUT2D eigenvalue weighted by molar-refractivity contribution is 5.89. The lowest BCUT2D eigenvalue weighted by atomic mass is 9.89. The van der Waals surface area contributed by atoms with E-state index < -0.39 is 0 Å². The molecule has 114 valence electrons. The third kappa shape index (κ3) is 3.48. The van der Waals surface area contributed by atoms with Crippen LogP contribution in [-0.2, 0) is 12.8 Å². The average molecular weight is 294 g/mol. The summed E-state index contributed by atoms with van der Waals surface area (Å²) in [5.41, 5.74) is 4.89. The standard InChI is InChI=1S/C19H22N2O/c1-14(20-19(22)21-18-9-3-2-4-10-18)16-12-11-15-7-5-6-8-17(15)13-16/h2-4,9-14H,5-8H2,1H3,(H2,20,21,22). The first-order valence-corrected chi connectivity index (χ1v) is 7.96. The van der Waals surface area contributed by atoms with Crippen LogP contribution in [0.5, 0.6) is 0 Å². The molecule has 0 saturated heterocycles. The third-order valence-electron chi connectivity index (χ3n) is 4.25. The maximum atomic E-state index is 12.1. The molecule has 1 aliphatic carbocycles. The number of amides is 2. The van der Waals surface area contributed by atoms with E-state index in [2.05, 4.69) is 28.8 Å². The molecule has 2 N–H and O–H groups in total. The van der Waals surface area contributed by atoms with Gasteiger partial charge < -0.3 is 10.6 Å². The van der Waals surface area contributed by atoms with Gasteiger partial charge in [-0.2, -0.15) is 0 Å². The van der Waals surface area contributed by atoms with Crippen molar-refractivity contribution in [2.45, 2.75) is 38.6 Å². The zero-order valence-corrected chi connectivity index (χ0v) is 12.9. The first-order chi connectivity index (χ1) is 10.7. The molecule has 3 nitrogen and oxygen atoms in total. The minimum absolute atomic E-state index is 0.00376. The van der Waals surface area contributed by atoms with Gasteiger partial charge in [-0.3, -0.25) is 0 Å². The van der Waals surface area contributed by atoms with Crippen LogP contribution in [0.3, 0.4) is 0 Å². The molecule has 0 bridgehead atoms. The number of rotatable bonds is 3. The van der Waals surface area contributed by atoms with Crippen molar-refractivity contribution in [3.63, 3.8) is 0 Å². The van der Waals surface area contributed by atoms with Crippen molar-refractivity contribution in [1.29, 1.82) is 0 Å². The maximum absolute atomic E-state index is 12.1. The van der Waals surface area contributed by atoms with Crippen LogP contribution in [-0.4, -0.2) is 6.03 Å². The monoisotopic (exact) mass is 294 g/mol. The van der Waals surface area contributed by atoms with E-state index in [-0.39, 0.29) is 12.1 Å². The number of hydrogen-bond acceptors (Lipinski definition) is 1. The minimum Gasteiger partial charge on any atom is -0.331 e. The second kappa shape index (κ2) is 6.65. The second-order valence-corrected chi connectivity index (χ2v) is 5.92. The molecule has 1 atom stereocenters. The quantitative estimate of drug-likeness (QED) is 0.863. The number of nitrogens with one attached hydrogen (secondary N) is 2. The van der Waals surface area contributed by atoms with E-state index >= 15 is 0 Å². The summed E-state index contributed by atoms with van der Waals surface area (Å²) in [6, 6.07) is 15.9. The van der Waals surface area contributed by atoms with Crippen molar-refractivity contribution in [2.24, 2.45) is 0 Å². The number of fused-ring (bicyclic) bond motifs is 1. The molecule has 0 fully saturated rings. The molecule has 0 aliphatic heterocycles. The Morgan fingerprint density at radius 1 is 1.00 bits per heavy atom. The van der Waals surface area contributed by atoms with Gasteiger partial charge in [0.05, 0.1) is 6.04 Å². The highest BCUT2D eigenvalue weighted by Crippen LogP contribution is 2.24. The molecule has 0 aromatic heterocycles. The number of carbonyl (C=O) groups is 1. The Morgan fingerprint density at radius 2 is 1.73 bits per heavy atom. The van der Waals surface area contributed by atoms with Crippen LogP contribution < -0.4 is 10.6 Å². The molecule has 0 radical (unpaired) electrons. The van der Waals surface area contributed by atoms with Gasteiger partial charge in [-0.1, -0.05) is 36.4 Å². The largest absolute Gasteiger partial charge is 0.331 e. The SMILES string of the molecule is CC(NC(=O)Nc1ccccc1)c1ccc2c(c1)CCCC2. The normalized spacial score (nSPS) is 14.8. The van der Waals surface area contributed by atoms with Gasteiger partial charge in [-0.05, 0) is 61.4 Å². The fourth-order valence-electron chi connectivity index (χ4n) is 2.99. The zero-order chi connectivity index (χ0) is 15.4. The molecular weight excluding hydrogens is 272 g/mol. The predicted molar refractivity (Wildman–Crippen MR) is 90.1 cm³/mol. The van der Waals surface area contributed by atoms with E-state index in [1.165, 1.54) is 36.0 Å². The van der Waals surface area contributed by atoms with Gasteiger partial charge in [-0.25, -0.2) is 4.79 Å². The summed E-state index contributed by atoms with van der Waals surface area (Å²) in [4.78, 5) is 12.1. The highest BCUT2D eigenvalue weighted by Gasteiger charge is 2.14. The van der Waals surface area contributed by atoms with Gasteiger partial charge in [0.1, 0.15) is 0 Å². The van der Waals surface area contributed by atoms with E-state index in [1.54, 1.807) is 0 Å². The summed E-state index contributed by atoms with van der Waals surface area (Å²) in [7, 11) is 0. The minimum atomic E-state index is -0.170. The van der Waals surface area contributed by atoms with Gasteiger partial charge in [0.15, 0.2) is 0 Å². The molecule has 3 heteroatoms. The molecule has 0 heterocycles. The Balaban J connectivity index is 1.64. The van der Waals surface area contributed by atoms with E-state index in [4.69, 9.17) is 0 Å². The summed E-state index contributed by atoms with van der Waals surface area (Å²) in [5, 5.41) is 5.86. The number of para-hydroxylation sites is 1. The molecule has 0 spiro atoms. The molecule has 2 aromatic rings. The van der Waals surface area contributed by atoms with Gasteiger partial charge in [0, 0.05) is 5.69 Å². The number of benzene rings is 2. The first kappa shape index (κ1) is 14.6. The molecule has 2 aromatic carbocycles. The van der Waals surface area contributed by atoms with Gasteiger partial charge in [-0.15, -0.1) is 0 Å². The number of hydrogen-bond donors (Lipinski definition) is 2. The van der Waals surface area contributed by atoms with Gasteiger partial charge in [0.25, 0.3) is 0 Å². The molecule has 2 amide bonds. The van der Waals surface area contributed by atoms with Crippen molar-refractivity contribution < 1.29 is 4.79 Å². The van der Waals surface area contributed by atoms with Crippen LogP contribution in [0, 0.1) is 0 Å². The van der Waals surface area contributed by atoms with E-state index in [0.717, 1.165) is 12.1 Å². The molecule has 0 saturated carbocycles. The maximum Gasteiger partial charge on any atom is 0.319 e. The Bertz CT molecular complexity index is 652. The second-order valence-electron chi connectivity index (χ2n) is 5.92. The number of aryl methyl sites for hydroxylation is 2. The first-order valence-electron chi connectivity index (χ1n) is 7.96. The van der Waals surface area contributed by atoms with Crippen molar-refractivity contribution in [3.8, 4) is 0 Å².